The van der Waals surface area contributed by atoms with Gasteiger partial charge in [0.15, 0.2) is 6.29 Å². The summed E-state index contributed by atoms with van der Waals surface area (Å²) in [5.41, 5.74) is 6.72. The average molecular weight is 466 g/mol. The molecule has 1 aliphatic heterocycles. The number of hydrogen-bond donors (Lipinski definition) is 4. The van der Waals surface area contributed by atoms with Gasteiger partial charge in [0, 0.05) is 12.0 Å². The largest absolute Gasteiger partial charge is 0.481 e. The number of nitrogens with two attached hydrogens (primary N) is 1. The zero-order valence-electron chi connectivity index (χ0n) is 20.4. The first kappa shape index (κ1) is 24.0. The molecule has 188 valence electrons. The van der Waals surface area contributed by atoms with Crippen molar-refractivity contribution in [2.24, 2.45) is 40.2 Å². The molecule has 5 aliphatic rings. The Morgan fingerprint density at radius 3 is 2.45 bits per heavy atom. The molecule has 0 unspecified atom stereocenters. The first-order chi connectivity index (χ1) is 15.5. The van der Waals surface area contributed by atoms with Crippen LogP contribution in [0.3, 0.4) is 0 Å². The van der Waals surface area contributed by atoms with E-state index in [1.807, 2.05) is 6.92 Å². The molecule has 5 N–H and O–H groups in total. The van der Waals surface area contributed by atoms with Crippen molar-refractivity contribution in [1.82, 2.24) is 0 Å². The Balaban J connectivity index is 1.29. The number of carboxylic acid groups (broad SMARTS) is 1. The molecule has 7 nitrogen and oxygen atoms in total. The molecule has 1 saturated heterocycles. The summed E-state index contributed by atoms with van der Waals surface area (Å²) in [5, 5.41) is 30.2. The highest BCUT2D eigenvalue weighted by molar-refractivity contribution is 5.72. The molecule has 0 radical (unpaired) electrons. The molecule has 1 heterocycles. The highest BCUT2D eigenvalue weighted by Crippen LogP contribution is 2.68. The van der Waals surface area contributed by atoms with Gasteiger partial charge >= 0.3 is 5.97 Å². The van der Waals surface area contributed by atoms with Gasteiger partial charge in [-0.05, 0) is 93.3 Å². The number of aliphatic carboxylic acids is 1. The minimum Gasteiger partial charge on any atom is -0.481 e. The number of rotatable bonds is 3. The lowest BCUT2D eigenvalue weighted by Gasteiger charge is -2.64. The lowest BCUT2D eigenvalue weighted by atomic mass is 9.42. The van der Waals surface area contributed by atoms with Crippen LogP contribution in [0.25, 0.3) is 0 Å². The molecule has 5 fully saturated rings. The topological polar surface area (TPSA) is 122 Å². The van der Waals surface area contributed by atoms with Crippen LogP contribution in [-0.2, 0) is 14.3 Å². The minimum absolute atomic E-state index is 0.0604. The van der Waals surface area contributed by atoms with Crippen LogP contribution in [0.4, 0.5) is 0 Å². The molecular formula is C26H43NO6. The molecular weight excluding hydrogens is 422 g/mol. The molecule has 4 saturated carbocycles. The second-order valence-electron chi connectivity index (χ2n) is 12.5. The van der Waals surface area contributed by atoms with Crippen molar-refractivity contribution in [2.75, 3.05) is 0 Å². The zero-order valence-corrected chi connectivity index (χ0v) is 20.4. The summed E-state index contributed by atoms with van der Waals surface area (Å²) in [6.45, 7) is 6.43. The standard InChI is InChI=1S/C26H43NO6/c1-14-20(28)13-21(29)23(32-14)33-16-6-9-24(2)15(12-16)4-5-18-17(24)7-10-25(3)19(22(30)31)8-11-26(18,25)27/h14-21,23,28-29H,4-13,27H2,1-3H3,(H,30,31)/t14-,15+,16-,17-,18+,19+,20+,21+,23-,24-,25+,26-/m0/s1. The van der Waals surface area contributed by atoms with Gasteiger partial charge in [-0.3, -0.25) is 4.79 Å². The van der Waals surface area contributed by atoms with E-state index in [-0.39, 0.29) is 40.9 Å². The second-order valence-corrected chi connectivity index (χ2v) is 12.5. The highest BCUT2D eigenvalue weighted by Gasteiger charge is 2.67. The monoisotopic (exact) mass is 465 g/mol. The van der Waals surface area contributed by atoms with E-state index in [4.69, 9.17) is 15.2 Å². The molecule has 0 aromatic rings. The Kier molecular flexibility index (Phi) is 5.93. The summed E-state index contributed by atoms with van der Waals surface area (Å²) >= 11 is 0. The van der Waals surface area contributed by atoms with Crippen LogP contribution in [0.2, 0.25) is 0 Å². The van der Waals surface area contributed by atoms with Crippen molar-refractivity contribution in [3.05, 3.63) is 0 Å². The molecule has 0 spiro atoms. The Hall–Kier alpha value is -0.730. The van der Waals surface area contributed by atoms with Gasteiger partial charge < -0.3 is 30.5 Å². The predicted octanol–water partition coefficient (Wildman–Crippen LogP) is 3.05. The molecule has 12 atom stereocenters. The number of hydrogen-bond acceptors (Lipinski definition) is 6. The molecule has 33 heavy (non-hydrogen) atoms. The maximum Gasteiger partial charge on any atom is 0.307 e. The quantitative estimate of drug-likeness (QED) is 0.473. The van der Waals surface area contributed by atoms with Crippen LogP contribution in [0.1, 0.15) is 85.0 Å². The van der Waals surface area contributed by atoms with E-state index in [2.05, 4.69) is 13.8 Å². The van der Waals surface area contributed by atoms with Crippen molar-refractivity contribution in [3.8, 4) is 0 Å². The molecule has 0 bridgehead atoms. The van der Waals surface area contributed by atoms with Crippen LogP contribution >= 0.6 is 0 Å². The summed E-state index contributed by atoms with van der Waals surface area (Å²) in [4.78, 5) is 12.0. The predicted molar refractivity (Wildman–Crippen MR) is 122 cm³/mol. The molecule has 0 amide bonds. The van der Waals surface area contributed by atoms with Gasteiger partial charge in [-0.1, -0.05) is 13.8 Å². The Bertz CT molecular complexity index is 778. The van der Waals surface area contributed by atoms with E-state index >= 15 is 0 Å². The normalized spacial score (nSPS) is 56.5. The summed E-state index contributed by atoms with van der Waals surface area (Å²) in [5.74, 6) is 0.487. The van der Waals surface area contributed by atoms with Crippen LogP contribution in [0, 0.1) is 34.5 Å². The van der Waals surface area contributed by atoms with Crippen molar-refractivity contribution in [2.45, 2.75) is 121 Å². The van der Waals surface area contributed by atoms with Gasteiger partial charge in [-0.25, -0.2) is 0 Å². The van der Waals surface area contributed by atoms with E-state index in [1.165, 1.54) is 0 Å². The van der Waals surface area contributed by atoms with Crippen LogP contribution in [0.15, 0.2) is 0 Å². The fraction of sp³-hybridized carbons (Fsp3) is 0.962. The van der Waals surface area contributed by atoms with Gasteiger partial charge in [-0.15, -0.1) is 0 Å². The number of ether oxygens (including phenoxy) is 2. The van der Waals surface area contributed by atoms with Crippen molar-refractivity contribution >= 4 is 5.97 Å². The van der Waals surface area contributed by atoms with Gasteiger partial charge in [0.2, 0.25) is 0 Å². The molecule has 0 aromatic carbocycles. The fourth-order valence-electron chi connectivity index (χ4n) is 9.06. The number of carbonyl (C=O) groups is 1. The molecule has 7 heteroatoms. The zero-order chi connectivity index (χ0) is 23.8. The van der Waals surface area contributed by atoms with Crippen LogP contribution in [0.5, 0.6) is 0 Å². The summed E-state index contributed by atoms with van der Waals surface area (Å²) in [7, 11) is 0. The third-order valence-electron chi connectivity index (χ3n) is 11.3. The van der Waals surface area contributed by atoms with Gasteiger partial charge in [0.1, 0.15) is 6.10 Å². The number of aliphatic hydroxyl groups is 2. The number of aliphatic hydroxyl groups excluding tert-OH is 2. The van der Waals surface area contributed by atoms with Crippen molar-refractivity contribution < 1.29 is 29.6 Å². The van der Waals surface area contributed by atoms with E-state index in [0.29, 0.717) is 24.2 Å². The molecule has 5 rings (SSSR count). The van der Waals surface area contributed by atoms with Crippen molar-refractivity contribution in [3.63, 3.8) is 0 Å². The van der Waals surface area contributed by atoms with Gasteiger partial charge in [-0.2, -0.15) is 0 Å². The maximum absolute atomic E-state index is 12.0. The molecule has 4 aliphatic carbocycles. The minimum atomic E-state index is -0.794. The molecule has 0 aromatic heterocycles. The Labute approximate surface area is 197 Å². The average Bonchev–Trinajstić information content (AvgIpc) is 3.03. The van der Waals surface area contributed by atoms with E-state index in [0.717, 1.165) is 51.4 Å². The van der Waals surface area contributed by atoms with E-state index in [1.54, 1.807) is 0 Å². The van der Waals surface area contributed by atoms with Gasteiger partial charge in [0.05, 0.1) is 24.2 Å². The van der Waals surface area contributed by atoms with E-state index < -0.39 is 24.5 Å². The Morgan fingerprint density at radius 2 is 1.73 bits per heavy atom. The third-order valence-corrected chi connectivity index (χ3v) is 11.3. The number of fused-ring (bicyclic) bond motifs is 5. The highest BCUT2D eigenvalue weighted by atomic mass is 16.7. The fourth-order valence-corrected chi connectivity index (χ4v) is 9.06. The third kappa shape index (κ3) is 3.52. The second kappa shape index (κ2) is 8.16. The van der Waals surface area contributed by atoms with Crippen LogP contribution in [-0.4, -0.2) is 57.5 Å². The SMILES string of the molecule is C[C@@H]1O[C@@H](O[C@H]2CC[C@@]3(C)[C@H](CC[C@@H]4[C@@H]3CC[C@]3(C)[C@@H](C(=O)O)CC[C@]43N)C2)[C@H](O)C[C@H]1O. The van der Waals surface area contributed by atoms with Crippen molar-refractivity contribution in [1.29, 1.82) is 0 Å². The summed E-state index contributed by atoms with van der Waals surface area (Å²) < 4.78 is 12.0. The van der Waals surface area contributed by atoms with E-state index in [9.17, 15) is 20.1 Å². The lowest BCUT2D eigenvalue weighted by Crippen LogP contribution is -2.66. The Morgan fingerprint density at radius 1 is 0.970 bits per heavy atom. The smallest absolute Gasteiger partial charge is 0.307 e. The van der Waals surface area contributed by atoms with Crippen LogP contribution < -0.4 is 5.73 Å². The van der Waals surface area contributed by atoms with Gasteiger partial charge in [0.25, 0.3) is 0 Å². The number of carboxylic acids is 1. The summed E-state index contributed by atoms with van der Waals surface area (Å²) in [6.07, 6.45) is 6.58. The maximum atomic E-state index is 12.0. The lowest BCUT2D eigenvalue weighted by molar-refractivity contribution is -0.283. The summed E-state index contributed by atoms with van der Waals surface area (Å²) in [6, 6.07) is 0. The first-order valence-corrected chi connectivity index (χ1v) is 13.2. The first-order valence-electron chi connectivity index (χ1n) is 13.2.